The second kappa shape index (κ2) is 6.77. The molecule has 2 aromatic carbocycles. The van der Waals surface area contributed by atoms with Crippen molar-refractivity contribution in [1.82, 2.24) is 14.5 Å². The van der Waals surface area contributed by atoms with Crippen LogP contribution in [0.4, 0.5) is 0 Å². The molecule has 0 fully saturated rings. The number of amides is 1. The van der Waals surface area contributed by atoms with Gasteiger partial charge < -0.3 is 18.9 Å². The van der Waals surface area contributed by atoms with Gasteiger partial charge in [-0.05, 0) is 43.3 Å². The van der Waals surface area contributed by atoms with Crippen LogP contribution in [0.5, 0.6) is 11.5 Å². The predicted octanol–water partition coefficient (Wildman–Crippen LogP) is 2.82. The van der Waals surface area contributed by atoms with Gasteiger partial charge in [-0.1, -0.05) is 12.1 Å². The van der Waals surface area contributed by atoms with Gasteiger partial charge in [-0.25, -0.2) is 0 Å². The Morgan fingerprint density at radius 2 is 1.93 bits per heavy atom. The van der Waals surface area contributed by atoms with Crippen molar-refractivity contribution in [1.29, 1.82) is 0 Å². The van der Waals surface area contributed by atoms with Crippen LogP contribution < -0.4 is 15.0 Å². The zero-order chi connectivity index (χ0) is 20.0. The highest BCUT2D eigenvalue weighted by Gasteiger charge is 2.23. The van der Waals surface area contributed by atoms with Crippen molar-refractivity contribution in [3.8, 4) is 11.5 Å². The monoisotopic (exact) mass is 389 g/mol. The van der Waals surface area contributed by atoms with Crippen molar-refractivity contribution in [2.24, 2.45) is 0 Å². The Morgan fingerprint density at radius 1 is 1.10 bits per heavy atom. The standard InChI is InChI=1S/C22H19N3O4/c1-14-23-21(26)17-4-2-3-5-18(17)25(14)16-8-10-24(11-9-16)22(27)15-6-7-19-20(12-15)29-13-28-19/h2-8,12H,9-11,13H2,1H3. The summed E-state index contributed by atoms with van der Waals surface area (Å²) in [6.07, 6.45) is 2.70. The lowest BCUT2D eigenvalue weighted by Crippen LogP contribution is -2.35. The molecule has 2 aliphatic heterocycles. The quantitative estimate of drug-likeness (QED) is 0.674. The topological polar surface area (TPSA) is 73.7 Å². The SMILES string of the molecule is Cc1nc(=O)c2ccccc2n1C1=CCN(C(=O)c2ccc3c(c2)OCO3)CC1. The Bertz CT molecular complexity index is 1230. The molecule has 0 bridgehead atoms. The maximum atomic E-state index is 12.9. The highest BCUT2D eigenvalue weighted by molar-refractivity contribution is 5.95. The van der Waals surface area contributed by atoms with Gasteiger partial charge in [0.15, 0.2) is 11.5 Å². The summed E-state index contributed by atoms with van der Waals surface area (Å²) in [7, 11) is 0. The number of ether oxygens (including phenoxy) is 2. The van der Waals surface area contributed by atoms with Crippen LogP contribution in [0.25, 0.3) is 16.6 Å². The van der Waals surface area contributed by atoms with E-state index in [0.717, 1.165) is 11.2 Å². The van der Waals surface area contributed by atoms with Crippen molar-refractivity contribution in [2.45, 2.75) is 13.3 Å². The van der Waals surface area contributed by atoms with Crippen LogP contribution >= 0.6 is 0 Å². The molecule has 0 saturated carbocycles. The summed E-state index contributed by atoms with van der Waals surface area (Å²) in [5.74, 6) is 1.87. The summed E-state index contributed by atoms with van der Waals surface area (Å²) in [5.41, 5.74) is 2.25. The van der Waals surface area contributed by atoms with Crippen LogP contribution in [0, 0.1) is 6.92 Å². The number of fused-ring (bicyclic) bond motifs is 2. The van der Waals surface area contributed by atoms with Crippen LogP contribution in [0.2, 0.25) is 0 Å². The summed E-state index contributed by atoms with van der Waals surface area (Å²) in [6.45, 7) is 3.09. The van der Waals surface area contributed by atoms with E-state index in [1.807, 2.05) is 35.8 Å². The number of aromatic nitrogens is 2. The largest absolute Gasteiger partial charge is 0.454 e. The number of carbonyl (C=O) groups is 1. The number of nitrogens with zero attached hydrogens (tertiary/aromatic N) is 3. The number of hydrogen-bond acceptors (Lipinski definition) is 5. The molecule has 0 unspecified atom stereocenters. The second-order valence-electron chi connectivity index (χ2n) is 7.08. The third kappa shape index (κ3) is 2.95. The zero-order valence-corrected chi connectivity index (χ0v) is 15.9. The molecule has 0 atom stereocenters. The first kappa shape index (κ1) is 17.5. The molecule has 0 spiro atoms. The molecular formula is C22H19N3O4. The van der Waals surface area contributed by atoms with Gasteiger partial charge >= 0.3 is 0 Å². The molecule has 1 aromatic heterocycles. The van der Waals surface area contributed by atoms with Gasteiger partial charge in [0, 0.05) is 30.8 Å². The maximum Gasteiger partial charge on any atom is 0.280 e. The summed E-state index contributed by atoms with van der Waals surface area (Å²) in [5, 5.41) is 0.595. The molecule has 0 saturated heterocycles. The minimum Gasteiger partial charge on any atom is -0.454 e. The molecular weight excluding hydrogens is 370 g/mol. The molecule has 146 valence electrons. The Labute approximate surface area is 166 Å². The Hall–Kier alpha value is -3.61. The Balaban J connectivity index is 1.44. The van der Waals surface area contributed by atoms with Crippen LogP contribution in [-0.4, -0.2) is 40.2 Å². The van der Waals surface area contributed by atoms with Gasteiger partial charge in [0.2, 0.25) is 6.79 Å². The molecule has 7 heteroatoms. The molecule has 0 N–H and O–H groups in total. The number of para-hydroxylation sites is 1. The average Bonchev–Trinajstić information content (AvgIpc) is 3.22. The fourth-order valence-electron chi connectivity index (χ4n) is 3.90. The van der Waals surface area contributed by atoms with Crippen molar-refractivity contribution in [3.05, 3.63) is 70.3 Å². The lowest BCUT2D eigenvalue weighted by molar-refractivity contribution is 0.0771. The van der Waals surface area contributed by atoms with E-state index in [1.54, 1.807) is 29.2 Å². The fraction of sp³-hybridized carbons (Fsp3) is 0.227. The molecule has 29 heavy (non-hydrogen) atoms. The van der Waals surface area contributed by atoms with E-state index in [2.05, 4.69) is 4.98 Å². The number of benzene rings is 2. The van der Waals surface area contributed by atoms with Gasteiger partial charge in [0.1, 0.15) is 5.82 Å². The van der Waals surface area contributed by atoms with Crippen molar-refractivity contribution >= 4 is 22.5 Å². The van der Waals surface area contributed by atoms with Gasteiger partial charge in [-0.2, -0.15) is 4.98 Å². The van der Waals surface area contributed by atoms with E-state index < -0.39 is 0 Å². The van der Waals surface area contributed by atoms with Crippen molar-refractivity contribution < 1.29 is 14.3 Å². The summed E-state index contributed by atoms with van der Waals surface area (Å²) in [6, 6.07) is 12.7. The Kier molecular flexibility index (Phi) is 4.08. The maximum absolute atomic E-state index is 12.9. The lowest BCUT2D eigenvalue weighted by Gasteiger charge is -2.28. The first-order valence-corrected chi connectivity index (χ1v) is 9.48. The molecule has 3 aromatic rings. The van der Waals surface area contributed by atoms with Crippen LogP contribution in [-0.2, 0) is 0 Å². The van der Waals surface area contributed by atoms with Gasteiger partial charge in [-0.3, -0.25) is 9.59 Å². The summed E-state index contributed by atoms with van der Waals surface area (Å²) < 4.78 is 12.7. The van der Waals surface area contributed by atoms with Gasteiger partial charge in [0.25, 0.3) is 11.5 Å². The average molecular weight is 389 g/mol. The van der Waals surface area contributed by atoms with E-state index in [9.17, 15) is 9.59 Å². The van der Waals surface area contributed by atoms with E-state index in [-0.39, 0.29) is 18.3 Å². The van der Waals surface area contributed by atoms with E-state index in [4.69, 9.17) is 9.47 Å². The highest BCUT2D eigenvalue weighted by Crippen LogP contribution is 2.33. The first-order valence-electron chi connectivity index (χ1n) is 9.48. The lowest BCUT2D eigenvalue weighted by atomic mass is 10.1. The number of carbonyl (C=O) groups excluding carboxylic acids is 1. The second-order valence-corrected chi connectivity index (χ2v) is 7.08. The zero-order valence-electron chi connectivity index (χ0n) is 15.9. The van der Waals surface area contributed by atoms with E-state index >= 15 is 0 Å². The third-order valence-electron chi connectivity index (χ3n) is 5.34. The van der Waals surface area contributed by atoms with Gasteiger partial charge in [0.05, 0.1) is 10.9 Å². The molecule has 3 heterocycles. The number of aryl methyl sites for hydroxylation is 1. The van der Waals surface area contributed by atoms with Crippen LogP contribution in [0.15, 0.2) is 53.3 Å². The predicted molar refractivity (Wildman–Crippen MR) is 108 cm³/mol. The molecule has 1 amide bonds. The summed E-state index contributed by atoms with van der Waals surface area (Å²) >= 11 is 0. The minimum atomic E-state index is -0.217. The Morgan fingerprint density at radius 3 is 2.76 bits per heavy atom. The molecule has 5 rings (SSSR count). The summed E-state index contributed by atoms with van der Waals surface area (Å²) in [4.78, 5) is 31.1. The first-order chi connectivity index (χ1) is 14.1. The molecule has 2 aliphatic rings. The van der Waals surface area contributed by atoms with Crippen molar-refractivity contribution in [3.63, 3.8) is 0 Å². The highest BCUT2D eigenvalue weighted by atomic mass is 16.7. The smallest absolute Gasteiger partial charge is 0.280 e. The number of hydrogen-bond donors (Lipinski definition) is 0. The number of rotatable bonds is 2. The van der Waals surface area contributed by atoms with Crippen LogP contribution in [0.3, 0.4) is 0 Å². The molecule has 7 nitrogen and oxygen atoms in total. The molecule has 0 aliphatic carbocycles. The minimum absolute atomic E-state index is 0.0433. The van der Waals surface area contributed by atoms with E-state index in [1.165, 1.54) is 0 Å². The fourth-order valence-corrected chi connectivity index (χ4v) is 3.90. The third-order valence-corrected chi connectivity index (χ3v) is 5.34. The van der Waals surface area contributed by atoms with E-state index in [0.29, 0.717) is 47.8 Å². The van der Waals surface area contributed by atoms with Crippen molar-refractivity contribution in [2.75, 3.05) is 19.9 Å². The molecule has 0 radical (unpaired) electrons. The normalized spacial score (nSPS) is 15.5. The van der Waals surface area contributed by atoms with Crippen LogP contribution in [0.1, 0.15) is 22.6 Å². The van der Waals surface area contributed by atoms with Gasteiger partial charge in [-0.15, -0.1) is 0 Å².